The maximum absolute atomic E-state index is 11.6. The van der Waals surface area contributed by atoms with E-state index in [1.165, 1.54) is 6.33 Å². The van der Waals surface area contributed by atoms with Gasteiger partial charge in [-0.25, -0.2) is 9.97 Å². The second-order valence-corrected chi connectivity index (χ2v) is 5.78. The molecule has 0 aliphatic heterocycles. The Hall–Kier alpha value is -3.48. The van der Waals surface area contributed by atoms with Crippen LogP contribution in [0.2, 0.25) is 0 Å². The van der Waals surface area contributed by atoms with Gasteiger partial charge in [-0.15, -0.1) is 0 Å². The maximum atomic E-state index is 11.6. The van der Waals surface area contributed by atoms with Crippen molar-refractivity contribution < 1.29 is 4.92 Å². The van der Waals surface area contributed by atoms with Crippen molar-refractivity contribution in [2.24, 2.45) is 0 Å². The van der Waals surface area contributed by atoms with Crippen molar-refractivity contribution >= 4 is 23.0 Å². The van der Waals surface area contributed by atoms with Crippen LogP contribution in [-0.2, 0) is 6.42 Å². The lowest BCUT2D eigenvalue weighted by Crippen LogP contribution is -2.11. The van der Waals surface area contributed by atoms with Gasteiger partial charge >= 0.3 is 5.69 Å². The summed E-state index contributed by atoms with van der Waals surface area (Å²) in [6, 6.07) is 17.5. The third-order valence-corrected chi connectivity index (χ3v) is 3.95. The van der Waals surface area contributed by atoms with Gasteiger partial charge in [-0.05, 0) is 30.5 Å². The molecule has 2 aromatic carbocycles. The van der Waals surface area contributed by atoms with Crippen LogP contribution in [0.15, 0.2) is 60.9 Å². The van der Waals surface area contributed by atoms with Crippen LogP contribution in [-0.4, -0.2) is 21.4 Å². The number of aromatic nitrogens is 2. The van der Waals surface area contributed by atoms with Crippen molar-refractivity contribution in [2.75, 3.05) is 17.2 Å². The van der Waals surface area contributed by atoms with Crippen molar-refractivity contribution in [2.45, 2.75) is 13.3 Å². The first-order valence-electron chi connectivity index (χ1n) is 8.25. The molecule has 132 valence electrons. The lowest BCUT2D eigenvalue weighted by molar-refractivity contribution is -0.383. The van der Waals surface area contributed by atoms with Crippen LogP contribution in [0.3, 0.4) is 0 Å². The van der Waals surface area contributed by atoms with Crippen molar-refractivity contribution in [3.8, 4) is 0 Å². The Morgan fingerprint density at radius 1 is 1.00 bits per heavy atom. The fourth-order valence-electron chi connectivity index (χ4n) is 2.58. The average molecular weight is 349 g/mol. The normalized spacial score (nSPS) is 10.3. The molecule has 1 aromatic heterocycles. The van der Waals surface area contributed by atoms with Crippen LogP contribution < -0.4 is 10.6 Å². The van der Waals surface area contributed by atoms with Gasteiger partial charge in [0.25, 0.3) is 0 Å². The van der Waals surface area contributed by atoms with Crippen molar-refractivity contribution in [3.63, 3.8) is 0 Å². The summed E-state index contributed by atoms with van der Waals surface area (Å²) in [5.74, 6) is 0.374. The maximum Gasteiger partial charge on any atom is 0.353 e. The van der Waals surface area contributed by atoms with Gasteiger partial charge in [0, 0.05) is 12.2 Å². The Morgan fingerprint density at radius 3 is 2.42 bits per heavy atom. The van der Waals surface area contributed by atoms with Gasteiger partial charge in [-0.2, -0.15) is 0 Å². The lowest BCUT2D eigenvalue weighted by Gasteiger charge is -2.11. The molecule has 26 heavy (non-hydrogen) atoms. The fourth-order valence-corrected chi connectivity index (χ4v) is 2.58. The SMILES string of the molecule is Cc1ccccc1Nc1ncnc(NCCc2ccccc2)c1[N+](=O)[O-]. The number of nitrogens with zero attached hydrogens (tertiary/aromatic N) is 3. The van der Waals surface area contributed by atoms with Gasteiger partial charge in [0.2, 0.25) is 11.6 Å². The minimum Gasteiger partial charge on any atom is -0.364 e. The highest BCUT2D eigenvalue weighted by Crippen LogP contribution is 2.31. The van der Waals surface area contributed by atoms with Crippen molar-refractivity contribution in [1.29, 1.82) is 0 Å². The van der Waals surface area contributed by atoms with Gasteiger partial charge in [-0.1, -0.05) is 48.5 Å². The number of rotatable bonds is 7. The summed E-state index contributed by atoms with van der Waals surface area (Å²) in [6.07, 6.45) is 2.06. The molecule has 0 aliphatic rings. The molecule has 0 fully saturated rings. The molecule has 2 N–H and O–H groups in total. The largest absolute Gasteiger partial charge is 0.364 e. The fraction of sp³-hybridized carbons (Fsp3) is 0.158. The molecule has 0 unspecified atom stereocenters. The van der Waals surface area contributed by atoms with Crippen molar-refractivity contribution in [1.82, 2.24) is 9.97 Å². The summed E-state index contributed by atoms with van der Waals surface area (Å²) >= 11 is 0. The third kappa shape index (κ3) is 4.13. The number of benzene rings is 2. The van der Waals surface area contributed by atoms with E-state index in [4.69, 9.17) is 0 Å². The topological polar surface area (TPSA) is 93.0 Å². The lowest BCUT2D eigenvalue weighted by atomic mass is 10.1. The zero-order valence-corrected chi connectivity index (χ0v) is 14.3. The van der Waals surface area contributed by atoms with Gasteiger partial charge in [-0.3, -0.25) is 10.1 Å². The second kappa shape index (κ2) is 8.06. The number of aryl methyl sites for hydroxylation is 1. The predicted molar refractivity (Wildman–Crippen MR) is 102 cm³/mol. The summed E-state index contributed by atoms with van der Waals surface area (Å²) in [6.45, 7) is 2.46. The van der Waals surface area contributed by atoms with Crippen LogP contribution in [0.25, 0.3) is 0 Å². The van der Waals surface area contributed by atoms with Gasteiger partial charge in [0.15, 0.2) is 0 Å². The van der Waals surface area contributed by atoms with Gasteiger partial charge < -0.3 is 10.6 Å². The van der Waals surface area contributed by atoms with Crippen LogP contribution >= 0.6 is 0 Å². The third-order valence-electron chi connectivity index (χ3n) is 3.95. The summed E-state index contributed by atoms with van der Waals surface area (Å²) in [5, 5.41) is 17.7. The van der Waals surface area contributed by atoms with E-state index in [2.05, 4.69) is 20.6 Å². The van der Waals surface area contributed by atoms with Crippen LogP contribution in [0.5, 0.6) is 0 Å². The molecule has 0 saturated carbocycles. The molecule has 0 spiro atoms. The Bertz CT molecular complexity index is 899. The van der Waals surface area contributed by atoms with Crippen LogP contribution in [0.1, 0.15) is 11.1 Å². The summed E-state index contributed by atoms with van der Waals surface area (Å²) in [4.78, 5) is 19.2. The highest BCUT2D eigenvalue weighted by molar-refractivity contribution is 5.74. The molecule has 0 radical (unpaired) electrons. The summed E-state index contributed by atoms with van der Waals surface area (Å²) < 4.78 is 0. The molecule has 0 amide bonds. The molecular formula is C19H19N5O2. The first-order valence-corrected chi connectivity index (χ1v) is 8.25. The quantitative estimate of drug-likeness (QED) is 0.493. The predicted octanol–water partition coefficient (Wildman–Crippen LogP) is 4.09. The zero-order valence-electron chi connectivity index (χ0n) is 14.3. The molecule has 3 aromatic rings. The number of para-hydroxylation sites is 1. The monoisotopic (exact) mass is 349 g/mol. The number of hydrogen-bond donors (Lipinski definition) is 2. The number of hydrogen-bond acceptors (Lipinski definition) is 6. The van der Waals surface area contributed by atoms with E-state index < -0.39 is 4.92 Å². The summed E-state index contributed by atoms with van der Waals surface area (Å²) in [7, 11) is 0. The zero-order chi connectivity index (χ0) is 18.4. The van der Waals surface area contributed by atoms with E-state index in [1.54, 1.807) is 0 Å². The molecule has 7 nitrogen and oxygen atoms in total. The summed E-state index contributed by atoms with van der Waals surface area (Å²) in [5.41, 5.74) is 2.72. The highest BCUT2D eigenvalue weighted by Gasteiger charge is 2.23. The molecule has 1 heterocycles. The molecule has 0 saturated heterocycles. The molecule has 0 bridgehead atoms. The Morgan fingerprint density at radius 2 is 1.69 bits per heavy atom. The first kappa shape index (κ1) is 17.3. The molecular weight excluding hydrogens is 330 g/mol. The van der Waals surface area contributed by atoms with Gasteiger partial charge in [0.1, 0.15) is 6.33 Å². The van der Waals surface area contributed by atoms with Crippen molar-refractivity contribution in [3.05, 3.63) is 82.2 Å². The molecule has 3 rings (SSSR count). The van der Waals surface area contributed by atoms with E-state index in [1.807, 2.05) is 61.5 Å². The Kier molecular flexibility index (Phi) is 5.38. The Balaban J connectivity index is 1.80. The van der Waals surface area contributed by atoms with Gasteiger partial charge in [0.05, 0.1) is 4.92 Å². The Labute approximate surface area is 151 Å². The minimum absolute atomic E-state index is 0.163. The second-order valence-electron chi connectivity index (χ2n) is 5.78. The average Bonchev–Trinajstić information content (AvgIpc) is 2.64. The number of nitro groups is 1. The number of anilines is 3. The molecule has 0 atom stereocenters. The van der Waals surface area contributed by atoms with Crippen LogP contribution in [0.4, 0.5) is 23.0 Å². The van der Waals surface area contributed by atoms with E-state index in [0.717, 1.165) is 23.2 Å². The van der Waals surface area contributed by atoms with E-state index in [0.29, 0.717) is 6.54 Å². The smallest absolute Gasteiger partial charge is 0.353 e. The van der Waals surface area contributed by atoms with Crippen LogP contribution in [0, 0.1) is 17.0 Å². The minimum atomic E-state index is -0.467. The standard InChI is InChI=1S/C19H19N5O2/c1-14-7-5-6-10-16(14)23-19-17(24(25)26)18(21-13-22-19)20-12-11-15-8-3-2-4-9-15/h2-10,13H,11-12H2,1H3,(H2,20,21,22,23). The first-order chi connectivity index (χ1) is 12.6. The van der Waals surface area contributed by atoms with E-state index in [-0.39, 0.29) is 17.3 Å². The van der Waals surface area contributed by atoms with E-state index in [9.17, 15) is 10.1 Å². The molecule has 7 heteroatoms. The number of nitrogens with one attached hydrogen (secondary N) is 2. The molecule has 0 aliphatic carbocycles. The van der Waals surface area contributed by atoms with E-state index >= 15 is 0 Å². The highest BCUT2D eigenvalue weighted by atomic mass is 16.6.